The summed E-state index contributed by atoms with van der Waals surface area (Å²) in [6.45, 7) is 6.33. The van der Waals surface area contributed by atoms with Crippen molar-refractivity contribution in [2.45, 2.75) is 44.4 Å². The Bertz CT molecular complexity index is 381. The fourth-order valence-electron chi connectivity index (χ4n) is 3.17. The Hall–Kier alpha value is -0.610. The van der Waals surface area contributed by atoms with Crippen molar-refractivity contribution in [3.8, 4) is 0 Å². The first-order chi connectivity index (χ1) is 7.72. The predicted octanol–water partition coefficient (Wildman–Crippen LogP) is 2.26. The van der Waals surface area contributed by atoms with Crippen LogP contribution in [0.4, 0.5) is 0 Å². The summed E-state index contributed by atoms with van der Waals surface area (Å²) in [6.07, 6.45) is 3.79. The van der Waals surface area contributed by atoms with Gasteiger partial charge in [-0.25, -0.2) is 0 Å². The summed E-state index contributed by atoms with van der Waals surface area (Å²) in [5.41, 5.74) is 0.153. The van der Waals surface area contributed by atoms with Gasteiger partial charge >= 0.3 is 0 Å². The van der Waals surface area contributed by atoms with E-state index in [-0.39, 0.29) is 17.8 Å². The van der Waals surface area contributed by atoms with Crippen LogP contribution < -0.4 is 5.32 Å². The molecule has 3 rings (SSSR count). The molecular formula is C12H20ClN3O. The molecule has 17 heavy (non-hydrogen) atoms. The Morgan fingerprint density at radius 3 is 3.00 bits per heavy atom. The lowest BCUT2D eigenvalue weighted by molar-refractivity contribution is 0.264. The zero-order valence-electron chi connectivity index (χ0n) is 10.4. The Morgan fingerprint density at radius 1 is 1.47 bits per heavy atom. The van der Waals surface area contributed by atoms with E-state index in [1.165, 1.54) is 19.3 Å². The highest BCUT2D eigenvalue weighted by Crippen LogP contribution is 2.47. The van der Waals surface area contributed by atoms with Crippen molar-refractivity contribution in [1.29, 1.82) is 0 Å². The molecule has 1 saturated carbocycles. The summed E-state index contributed by atoms with van der Waals surface area (Å²) in [6, 6.07) is 0. The van der Waals surface area contributed by atoms with Gasteiger partial charge in [0.25, 0.3) is 0 Å². The molecule has 96 valence electrons. The molecule has 5 heteroatoms. The summed E-state index contributed by atoms with van der Waals surface area (Å²) >= 11 is 0. The van der Waals surface area contributed by atoms with Gasteiger partial charge in [0.2, 0.25) is 5.89 Å². The molecule has 0 bridgehead atoms. The monoisotopic (exact) mass is 257 g/mol. The Labute approximate surface area is 108 Å². The topological polar surface area (TPSA) is 51.0 Å². The molecule has 0 unspecified atom stereocenters. The minimum Gasteiger partial charge on any atom is -0.339 e. The minimum atomic E-state index is 0. The van der Waals surface area contributed by atoms with E-state index < -0.39 is 0 Å². The molecule has 0 amide bonds. The van der Waals surface area contributed by atoms with E-state index in [4.69, 9.17) is 4.52 Å². The molecule has 1 N–H and O–H groups in total. The quantitative estimate of drug-likeness (QED) is 0.883. The average Bonchev–Trinajstić information content (AvgIpc) is 2.91. The first kappa shape index (κ1) is 12.8. The SMILES string of the molecule is CC(C)c1noc([C@@]23CCC[C@@H]2CNC3)n1.Cl. The van der Waals surface area contributed by atoms with E-state index in [1.54, 1.807) is 0 Å². The highest BCUT2D eigenvalue weighted by molar-refractivity contribution is 5.85. The average molecular weight is 258 g/mol. The normalized spacial score (nSPS) is 31.6. The molecule has 1 aromatic heterocycles. The number of fused-ring (bicyclic) bond motifs is 1. The maximum absolute atomic E-state index is 5.51. The van der Waals surface area contributed by atoms with Crippen LogP contribution in [0.5, 0.6) is 0 Å². The first-order valence-electron chi connectivity index (χ1n) is 6.27. The van der Waals surface area contributed by atoms with Crippen molar-refractivity contribution in [3.05, 3.63) is 11.7 Å². The standard InChI is InChI=1S/C12H19N3O.ClH/c1-8(2)10-14-11(16-15-10)12-5-3-4-9(12)6-13-7-12;/h8-9,13H,3-7H2,1-2H3;1H/t9-,12-;/m1./s1. The molecule has 2 atom stereocenters. The molecular weight excluding hydrogens is 238 g/mol. The lowest BCUT2D eigenvalue weighted by Crippen LogP contribution is -2.31. The van der Waals surface area contributed by atoms with Crippen molar-refractivity contribution in [2.75, 3.05) is 13.1 Å². The minimum absolute atomic E-state index is 0. The van der Waals surface area contributed by atoms with E-state index >= 15 is 0 Å². The van der Waals surface area contributed by atoms with Crippen LogP contribution >= 0.6 is 12.4 Å². The molecule has 1 saturated heterocycles. The van der Waals surface area contributed by atoms with Gasteiger partial charge in [0.15, 0.2) is 5.82 Å². The fraction of sp³-hybridized carbons (Fsp3) is 0.833. The zero-order chi connectivity index (χ0) is 11.2. The highest BCUT2D eigenvalue weighted by Gasteiger charge is 2.51. The Morgan fingerprint density at radius 2 is 2.29 bits per heavy atom. The van der Waals surface area contributed by atoms with E-state index in [0.717, 1.165) is 24.8 Å². The predicted molar refractivity (Wildman–Crippen MR) is 67.5 cm³/mol. The van der Waals surface area contributed by atoms with E-state index in [9.17, 15) is 0 Å². The van der Waals surface area contributed by atoms with Crippen LogP contribution in [0.15, 0.2) is 4.52 Å². The molecule has 0 aromatic carbocycles. The summed E-state index contributed by atoms with van der Waals surface area (Å²) in [4.78, 5) is 4.61. The summed E-state index contributed by atoms with van der Waals surface area (Å²) in [7, 11) is 0. The largest absolute Gasteiger partial charge is 0.339 e. The van der Waals surface area contributed by atoms with Gasteiger partial charge in [-0.3, -0.25) is 0 Å². The molecule has 2 fully saturated rings. The Balaban J connectivity index is 0.00000108. The van der Waals surface area contributed by atoms with Crippen molar-refractivity contribution in [3.63, 3.8) is 0 Å². The van der Waals surface area contributed by atoms with Crippen molar-refractivity contribution >= 4 is 12.4 Å². The summed E-state index contributed by atoms with van der Waals surface area (Å²) in [5, 5.41) is 7.58. The van der Waals surface area contributed by atoms with Crippen LogP contribution in [0.3, 0.4) is 0 Å². The number of hydrogen-bond acceptors (Lipinski definition) is 4. The van der Waals surface area contributed by atoms with Gasteiger partial charge in [0.05, 0.1) is 5.41 Å². The van der Waals surface area contributed by atoms with Gasteiger partial charge in [-0.2, -0.15) is 4.98 Å². The van der Waals surface area contributed by atoms with Gasteiger partial charge in [0, 0.05) is 12.5 Å². The summed E-state index contributed by atoms with van der Waals surface area (Å²) < 4.78 is 5.51. The van der Waals surface area contributed by atoms with E-state index in [2.05, 4.69) is 29.3 Å². The second-order valence-electron chi connectivity index (χ2n) is 5.49. The molecule has 1 aromatic rings. The van der Waals surface area contributed by atoms with Crippen LogP contribution in [0.2, 0.25) is 0 Å². The summed E-state index contributed by atoms with van der Waals surface area (Å²) in [5.74, 6) is 2.78. The van der Waals surface area contributed by atoms with Crippen LogP contribution in [-0.2, 0) is 5.41 Å². The highest BCUT2D eigenvalue weighted by atomic mass is 35.5. The first-order valence-corrected chi connectivity index (χ1v) is 6.27. The lowest BCUT2D eigenvalue weighted by Gasteiger charge is -2.22. The Kier molecular flexibility index (Phi) is 3.46. The molecule has 2 heterocycles. The third kappa shape index (κ3) is 1.87. The molecule has 1 aliphatic heterocycles. The second-order valence-corrected chi connectivity index (χ2v) is 5.49. The number of nitrogens with one attached hydrogen (secondary N) is 1. The third-order valence-electron chi connectivity index (χ3n) is 4.17. The maximum Gasteiger partial charge on any atom is 0.234 e. The van der Waals surface area contributed by atoms with Gasteiger partial charge in [-0.1, -0.05) is 25.4 Å². The van der Waals surface area contributed by atoms with Gasteiger partial charge in [-0.15, -0.1) is 12.4 Å². The molecule has 0 spiro atoms. The van der Waals surface area contributed by atoms with Crippen LogP contribution in [0, 0.1) is 5.92 Å². The lowest BCUT2D eigenvalue weighted by atomic mass is 9.80. The molecule has 1 aliphatic carbocycles. The maximum atomic E-state index is 5.51. The van der Waals surface area contributed by atoms with Crippen molar-refractivity contribution in [1.82, 2.24) is 15.5 Å². The third-order valence-corrected chi connectivity index (χ3v) is 4.17. The number of halogens is 1. The van der Waals surface area contributed by atoms with Gasteiger partial charge in [-0.05, 0) is 25.3 Å². The number of hydrogen-bond donors (Lipinski definition) is 1. The van der Waals surface area contributed by atoms with Crippen LogP contribution in [0.1, 0.15) is 50.7 Å². The number of aromatic nitrogens is 2. The van der Waals surface area contributed by atoms with Crippen molar-refractivity contribution < 1.29 is 4.52 Å². The zero-order valence-corrected chi connectivity index (χ0v) is 11.2. The van der Waals surface area contributed by atoms with E-state index in [1.807, 2.05) is 0 Å². The number of rotatable bonds is 2. The van der Waals surface area contributed by atoms with E-state index in [0.29, 0.717) is 11.8 Å². The number of nitrogens with zero attached hydrogens (tertiary/aromatic N) is 2. The van der Waals surface area contributed by atoms with Crippen LogP contribution in [0.25, 0.3) is 0 Å². The molecule has 2 aliphatic rings. The van der Waals surface area contributed by atoms with Gasteiger partial charge < -0.3 is 9.84 Å². The molecule has 4 nitrogen and oxygen atoms in total. The van der Waals surface area contributed by atoms with Crippen LogP contribution in [-0.4, -0.2) is 23.2 Å². The molecule has 0 radical (unpaired) electrons. The smallest absolute Gasteiger partial charge is 0.234 e. The second kappa shape index (κ2) is 4.58. The fourth-order valence-corrected chi connectivity index (χ4v) is 3.17. The van der Waals surface area contributed by atoms with Crippen molar-refractivity contribution in [2.24, 2.45) is 5.92 Å². The van der Waals surface area contributed by atoms with Gasteiger partial charge in [0.1, 0.15) is 0 Å².